The number of carbonyl (C=O) groups excluding carboxylic acids is 1. The van der Waals surface area contributed by atoms with E-state index in [0.29, 0.717) is 6.42 Å². The molecule has 0 saturated heterocycles. The number of hydrogen-bond donors (Lipinski definition) is 0. The van der Waals surface area contributed by atoms with E-state index in [0.717, 1.165) is 18.2 Å². The number of carbonyl (C=O) groups is 1. The van der Waals surface area contributed by atoms with Gasteiger partial charge in [-0.2, -0.15) is 0 Å². The van der Waals surface area contributed by atoms with Gasteiger partial charge in [0.15, 0.2) is 0 Å². The Balaban J connectivity index is 2.68. The Bertz CT molecular complexity index is 414. The molecule has 0 aliphatic rings. The van der Waals surface area contributed by atoms with Crippen molar-refractivity contribution in [2.45, 2.75) is 33.8 Å². The first-order valence-corrected chi connectivity index (χ1v) is 5.48. The van der Waals surface area contributed by atoms with Crippen LogP contribution in [0.1, 0.15) is 32.8 Å². The molecular formula is C13H16F2O2. The lowest BCUT2D eigenvalue weighted by atomic mass is 9.91. The second-order valence-corrected chi connectivity index (χ2v) is 4.55. The predicted octanol–water partition coefficient (Wildman–Crippen LogP) is 3.44. The van der Waals surface area contributed by atoms with Crippen LogP contribution in [-0.4, -0.2) is 5.97 Å². The second kappa shape index (κ2) is 5.25. The molecule has 0 N–H and O–H groups in total. The van der Waals surface area contributed by atoms with E-state index in [1.807, 2.05) is 6.92 Å². The Kier molecular flexibility index (Phi) is 4.21. The smallest absolute Gasteiger partial charge is 0.311 e. The minimum absolute atomic E-state index is 0.0465. The lowest BCUT2D eigenvalue weighted by Crippen LogP contribution is -2.25. The van der Waals surface area contributed by atoms with Crippen molar-refractivity contribution in [3.05, 3.63) is 35.4 Å². The lowest BCUT2D eigenvalue weighted by Gasteiger charge is -2.20. The predicted molar refractivity (Wildman–Crippen MR) is 60.2 cm³/mol. The standard InChI is InChI=1S/C13H16F2O2/c1-4-13(2,3)12(16)17-8-9-7-10(14)5-6-11(9)15/h5-7H,4,8H2,1-3H3. The van der Waals surface area contributed by atoms with Crippen molar-refractivity contribution in [2.75, 3.05) is 0 Å². The van der Waals surface area contributed by atoms with Gasteiger partial charge in [0.2, 0.25) is 0 Å². The van der Waals surface area contributed by atoms with Crippen molar-refractivity contribution in [3.8, 4) is 0 Å². The first-order valence-electron chi connectivity index (χ1n) is 5.48. The number of esters is 1. The second-order valence-electron chi connectivity index (χ2n) is 4.55. The van der Waals surface area contributed by atoms with Crippen LogP contribution in [0.3, 0.4) is 0 Å². The summed E-state index contributed by atoms with van der Waals surface area (Å²) < 4.78 is 31.1. The van der Waals surface area contributed by atoms with Gasteiger partial charge in [-0.1, -0.05) is 6.92 Å². The number of ether oxygens (including phenoxy) is 1. The van der Waals surface area contributed by atoms with Gasteiger partial charge < -0.3 is 4.74 Å². The van der Waals surface area contributed by atoms with Crippen molar-refractivity contribution < 1.29 is 18.3 Å². The summed E-state index contributed by atoms with van der Waals surface area (Å²) in [6.45, 7) is 5.12. The van der Waals surface area contributed by atoms with E-state index >= 15 is 0 Å². The van der Waals surface area contributed by atoms with Crippen LogP contribution in [0.2, 0.25) is 0 Å². The zero-order valence-corrected chi connectivity index (χ0v) is 10.2. The highest BCUT2D eigenvalue weighted by Gasteiger charge is 2.27. The molecule has 2 nitrogen and oxygen atoms in total. The topological polar surface area (TPSA) is 26.3 Å². The van der Waals surface area contributed by atoms with Crippen LogP contribution in [0.15, 0.2) is 18.2 Å². The normalized spacial score (nSPS) is 11.4. The molecule has 1 aromatic carbocycles. The molecule has 0 aliphatic heterocycles. The quantitative estimate of drug-likeness (QED) is 0.756. The van der Waals surface area contributed by atoms with Crippen molar-refractivity contribution in [1.82, 2.24) is 0 Å². The summed E-state index contributed by atoms with van der Waals surface area (Å²) in [5, 5.41) is 0. The molecule has 0 radical (unpaired) electrons. The van der Waals surface area contributed by atoms with Crippen molar-refractivity contribution in [2.24, 2.45) is 5.41 Å². The first-order chi connectivity index (χ1) is 7.86. The Hall–Kier alpha value is -1.45. The fourth-order valence-electron chi connectivity index (χ4n) is 1.14. The summed E-state index contributed by atoms with van der Waals surface area (Å²) in [6, 6.07) is 3.07. The molecule has 94 valence electrons. The maximum atomic E-state index is 13.2. The molecule has 0 saturated carbocycles. The maximum Gasteiger partial charge on any atom is 0.311 e. The highest BCUT2D eigenvalue weighted by molar-refractivity contribution is 5.75. The first kappa shape index (κ1) is 13.6. The number of hydrogen-bond acceptors (Lipinski definition) is 2. The van der Waals surface area contributed by atoms with Crippen molar-refractivity contribution in [3.63, 3.8) is 0 Å². The van der Waals surface area contributed by atoms with E-state index in [4.69, 9.17) is 4.74 Å². The Morgan fingerprint density at radius 3 is 2.59 bits per heavy atom. The summed E-state index contributed by atoms with van der Waals surface area (Å²) in [4.78, 5) is 11.6. The molecule has 0 aliphatic carbocycles. The molecule has 0 unspecified atom stereocenters. The van der Waals surface area contributed by atoms with E-state index in [-0.39, 0.29) is 12.2 Å². The molecule has 17 heavy (non-hydrogen) atoms. The average Bonchev–Trinajstić information content (AvgIpc) is 2.29. The minimum Gasteiger partial charge on any atom is -0.460 e. The van der Waals surface area contributed by atoms with E-state index in [2.05, 4.69) is 0 Å². The Morgan fingerprint density at radius 1 is 1.35 bits per heavy atom. The summed E-state index contributed by atoms with van der Waals surface area (Å²) in [5.74, 6) is -1.54. The minimum atomic E-state index is -0.607. The summed E-state index contributed by atoms with van der Waals surface area (Å²) in [6.07, 6.45) is 0.622. The molecule has 1 rings (SSSR count). The zero-order chi connectivity index (χ0) is 13.1. The lowest BCUT2D eigenvalue weighted by molar-refractivity contribution is -0.155. The summed E-state index contributed by atoms with van der Waals surface area (Å²) in [5.41, 5.74) is -0.561. The fourth-order valence-corrected chi connectivity index (χ4v) is 1.14. The summed E-state index contributed by atoms with van der Waals surface area (Å²) in [7, 11) is 0. The molecule has 0 bridgehead atoms. The van der Waals surface area contributed by atoms with Gasteiger partial charge in [0.05, 0.1) is 5.41 Å². The van der Waals surface area contributed by atoms with Gasteiger partial charge in [-0.3, -0.25) is 4.79 Å². The van der Waals surface area contributed by atoms with Gasteiger partial charge in [0, 0.05) is 5.56 Å². The Labute approximate surface area is 99.6 Å². The highest BCUT2D eigenvalue weighted by atomic mass is 19.1. The van der Waals surface area contributed by atoms with E-state index < -0.39 is 23.0 Å². The van der Waals surface area contributed by atoms with Gasteiger partial charge in [0.25, 0.3) is 0 Å². The van der Waals surface area contributed by atoms with Crippen molar-refractivity contribution in [1.29, 1.82) is 0 Å². The number of rotatable bonds is 4. The third kappa shape index (κ3) is 3.51. The molecule has 0 atom stereocenters. The number of benzene rings is 1. The van der Waals surface area contributed by atoms with Crippen molar-refractivity contribution >= 4 is 5.97 Å². The van der Waals surface area contributed by atoms with Gasteiger partial charge in [-0.25, -0.2) is 8.78 Å². The van der Waals surface area contributed by atoms with E-state index in [9.17, 15) is 13.6 Å². The average molecular weight is 242 g/mol. The van der Waals surface area contributed by atoms with Crippen LogP contribution in [0.25, 0.3) is 0 Å². The van der Waals surface area contributed by atoms with Crippen LogP contribution in [0.4, 0.5) is 8.78 Å². The molecule has 0 heterocycles. The van der Waals surface area contributed by atoms with Gasteiger partial charge >= 0.3 is 5.97 Å². The molecular weight excluding hydrogens is 226 g/mol. The summed E-state index contributed by atoms with van der Waals surface area (Å²) >= 11 is 0. The largest absolute Gasteiger partial charge is 0.460 e. The van der Waals surface area contributed by atoms with Crippen LogP contribution < -0.4 is 0 Å². The third-order valence-corrected chi connectivity index (χ3v) is 2.80. The monoisotopic (exact) mass is 242 g/mol. The van der Waals surface area contributed by atoms with Crippen LogP contribution in [0, 0.1) is 17.0 Å². The molecule has 1 aromatic rings. The highest BCUT2D eigenvalue weighted by Crippen LogP contribution is 2.22. The van der Waals surface area contributed by atoms with Crippen LogP contribution >= 0.6 is 0 Å². The molecule has 4 heteroatoms. The van der Waals surface area contributed by atoms with Crippen LogP contribution in [-0.2, 0) is 16.1 Å². The molecule has 0 amide bonds. The fraction of sp³-hybridized carbons (Fsp3) is 0.462. The van der Waals surface area contributed by atoms with E-state index in [1.165, 1.54) is 0 Å². The zero-order valence-electron chi connectivity index (χ0n) is 10.2. The molecule has 0 fully saturated rings. The van der Waals surface area contributed by atoms with Gasteiger partial charge in [-0.05, 0) is 38.5 Å². The SMILES string of the molecule is CCC(C)(C)C(=O)OCc1cc(F)ccc1F. The van der Waals surface area contributed by atoms with Gasteiger partial charge in [0.1, 0.15) is 18.2 Å². The van der Waals surface area contributed by atoms with E-state index in [1.54, 1.807) is 13.8 Å². The van der Waals surface area contributed by atoms with Gasteiger partial charge in [-0.15, -0.1) is 0 Å². The van der Waals surface area contributed by atoms with Crippen LogP contribution in [0.5, 0.6) is 0 Å². The Morgan fingerprint density at radius 2 is 2.00 bits per heavy atom. The molecule has 0 aromatic heterocycles. The maximum absolute atomic E-state index is 13.2. The number of halogens is 2. The molecule has 0 spiro atoms. The third-order valence-electron chi connectivity index (χ3n) is 2.80.